The summed E-state index contributed by atoms with van der Waals surface area (Å²) in [6.07, 6.45) is 3.89. The van der Waals surface area contributed by atoms with Crippen molar-refractivity contribution in [1.29, 1.82) is 0 Å². The van der Waals surface area contributed by atoms with Crippen molar-refractivity contribution in [3.63, 3.8) is 0 Å². The van der Waals surface area contributed by atoms with Gasteiger partial charge in [0, 0.05) is 15.2 Å². The molecule has 1 aliphatic heterocycles. The predicted octanol–water partition coefficient (Wildman–Crippen LogP) is 5.01. The van der Waals surface area contributed by atoms with E-state index in [2.05, 4.69) is 51.4 Å². The van der Waals surface area contributed by atoms with Gasteiger partial charge in [-0.25, -0.2) is 0 Å². The van der Waals surface area contributed by atoms with Crippen molar-refractivity contribution in [2.24, 2.45) is 4.99 Å². The number of hydrogen-bond donors (Lipinski definition) is 1. The van der Waals surface area contributed by atoms with E-state index in [1.165, 1.54) is 0 Å². The maximum atomic E-state index is 6.17. The highest BCUT2D eigenvalue weighted by molar-refractivity contribution is 9.10. The number of aliphatic imine (C=N–C) groups is 1. The van der Waals surface area contributed by atoms with Crippen LogP contribution in [0.4, 0.5) is 0 Å². The first-order chi connectivity index (χ1) is 9.49. The van der Waals surface area contributed by atoms with Crippen LogP contribution in [-0.2, 0) is 5.54 Å². The molecule has 2 aromatic rings. The Morgan fingerprint density at radius 2 is 2.00 bits per heavy atom. The topological polar surface area (TPSA) is 24.4 Å². The molecule has 0 spiro atoms. The molecule has 4 heteroatoms. The third kappa shape index (κ3) is 2.25. The summed E-state index contributed by atoms with van der Waals surface area (Å²) < 4.78 is 1.06. The van der Waals surface area contributed by atoms with Crippen molar-refractivity contribution in [1.82, 2.24) is 5.32 Å². The second-order valence-electron chi connectivity index (χ2n) is 5.16. The highest BCUT2D eigenvalue weighted by atomic mass is 79.9. The molecule has 0 radical (unpaired) electrons. The van der Waals surface area contributed by atoms with E-state index in [1.807, 2.05) is 25.1 Å². The zero-order valence-electron chi connectivity index (χ0n) is 11.2. The van der Waals surface area contributed by atoms with Gasteiger partial charge in [0.25, 0.3) is 0 Å². The van der Waals surface area contributed by atoms with Gasteiger partial charge in [0.2, 0.25) is 0 Å². The number of fused-ring (bicyclic) bond motifs is 1. The molecule has 1 unspecified atom stereocenters. The fourth-order valence-corrected chi connectivity index (χ4v) is 3.29. The highest BCUT2D eigenvalue weighted by Gasteiger charge is 2.27. The molecule has 0 saturated carbocycles. The summed E-state index contributed by atoms with van der Waals surface area (Å²) in [6, 6.07) is 10.1. The first-order valence-corrected chi connectivity index (χ1v) is 7.55. The van der Waals surface area contributed by atoms with Crippen molar-refractivity contribution >= 4 is 44.6 Å². The number of allylic oxidation sites excluding steroid dienone is 1. The Balaban J connectivity index is 2.32. The summed E-state index contributed by atoms with van der Waals surface area (Å²) >= 11 is 9.77. The monoisotopic (exact) mass is 348 g/mol. The minimum atomic E-state index is -0.376. The summed E-state index contributed by atoms with van der Waals surface area (Å²) in [7, 11) is 0. The fourth-order valence-electron chi connectivity index (χ4n) is 2.64. The Morgan fingerprint density at radius 1 is 1.20 bits per heavy atom. The van der Waals surface area contributed by atoms with Crippen LogP contribution in [-0.4, -0.2) is 6.34 Å². The van der Waals surface area contributed by atoms with Crippen LogP contribution in [0.25, 0.3) is 10.8 Å². The van der Waals surface area contributed by atoms with Crippen molar-refractivity contribution in [2.75, 3.05) is 0 Å². The molecule has 1 aliphatic rings. The van der Waals surface area contributed by atoms with Crippen LogP contribution in [0.2, 0.25) is 5.02 Å². The van der Waals surface area contributed by atoms with Gasteiger partial charge in [-0.05, 0) is 54.5 Å². The van der Waals surface area contributed by atoms with Crippen LogP contribution < -0.4 is 5.32 Å². The van der Waals surface area contributed by atoms with Crippen LogP contribution >= 0.6 is 27.5 Å². The van der Waals surface area contributed by atoms with E-state index in [4.69, 9.17) is 11.6 Å². The number of nitrogens with zero attached hydrogens (tertiary/aromatic N) is 1. The Hall–Kier alpha value is -1.32. The van der Waals surface area contributed by atoms with Gasteiger partial charge in [-0.3, -0.25) is 4.99 Å². The van der Waals surface area contributed by atoms with Gasteiger partial charge in [0.1, 0.15) is 5.54 Å². The Bertz CT molecular complexity index is 751. The van der Waals surface area contributed by atoms with Crippen molar-refractivity contribution in [2.45, 2.75) is 19.4 Å². The van der Waals surface area contributed by atoms with Crippen LogP contribution in [0.5, 0.6) is 0 Å². The zero-order valence-corrected chi connectivity index (χ0v) is 13.6. The van der Waals surface area contributed by atoms with E-state index >= 15 is 0 Å². The first-order valence-electron chi connectivity index (χ1n) is 6.37. The third-order valence-electron chi connectivity index (χ3n) is 3.59. The zero-order chi connectivity index (χ0) is 14.3. The fraction of sp³-hybridized carbons (Fsp3) is 0.188. The van der Waals surface area contributed by atoms with Gasteiger partial charge >= 0.3 is 0 Å². The smallest absolute Gasteiger partial charge is 0.105 e. The van der Waals surface area contributed by atoms with E-state index in [-0.39, 0.29) is 5.54 Å². The van der Waals surface area contributed by atoms with Crippen LogP contribution in [0.15, 0.2) is 51.6 Å². The normalized spacial score (nSPS) is 21.7. The lowest BCUT2D eigenvalue weighted by Crippen LogP contribution is -2.26. The van der Waals surface area contributed by atoms with Gasteiger partial charge in [-0.1, -0.05) is 39.7 Å². The number of nitrogens with one attached hydrogen (secondary N) is 1. The molecular formula is C16H14BrClN2. The van der Waals surface area contributed by atoms with E-state index in [1.54, 1.807) is 6.34 Å². The molecule has 0 amide bonds. The molecule has 1 atom stereocenters. The molecule has 2 nitrogen and oxygen atoms in total. The first kappa shape index (κ1) is 13.7. The van der Waals surface area contributed by atoms with E-state index < -0.39 is 0 Å². The lowest BCUT2D eigenvalue weighted by molar-refractivity contribution is 0.620. The minimum absolute atomic E-state index is 0.376. The predicted molar refractivity (Wildman–Crippen MR) is 89.4 cm³/mol. The SMILES string of the molecule is CC1=CC(C)(c2ccc(Br)c3ccc(Cl)cc23)N=CN1. The van der Waals surface area contributed by atoms with Crippen molar-refractivity contribution in [3.8, 4) is 0 Å². The largest absolute Gasteiger partial charge is 0.351 e. The van der Waals surface area contributed by atoms with Gasteiger partial charge in [-0.15, -0.1) is 0 Å². The van der Waals surface area contributed by atoms with Crippen LogP contribution in [0.1, 0.15) is 19.4 Å². The molecule has 0 aliphatic carbocycles. The maximum absolute atomic E-state index is 6.17. The van der Waals surface area contributed by atoms with Crippen LogP contribution in [0, 0.1) is 0 Å². The van der Waals surface area contributed by atoms with Gasteiger partial charge in [0.05, 0.1) is 6.34 Å². The number of rotatable bonds is 1. The Morgan fingerprint density at radius 3 is 2.75 bits per heavy atom. The molecule has 3 rings (SSSR count). The molecule has 1 heterocycles. The summed E-state index contributed by atoms with van der Waals surface area (Å²) in [4.78, 5) is 4.62. The molecule has 0 aromatic heterocycles. The van der Waals surface area contributed by atoms with Crippen LogP contribution in [0.3, 0.4) is 0 Å². The summed E-state index contributed by atoms with van der Waals surface area (Å²) in [5.74, 6) is 0. The average molecular weight is 350 g/mol. The Labute approximate surface area is 131 Å². The lowest BCUT2D eigenvalue weighted by atomic mass is 9.87. The summed E-state index contributed by atoms with van der Waals surface area (Å²) in [6.45, 7) is 4.15. The molecule has 0 bridgehead atoms. The summed E-state index contributed by atoms with van der Waals surface area (Å²) in [5, 5.41) is 6.12. The second-order valence-corrected chi connectivity index (χ2v) is 6.45. The van der Waals surface area contributed by atoms with Crippen molar-refractivity contribution in [3.05, 3.63) is 57.2 Å². The number of hydrogen-bond acceptors (Lipinski definition) is 2. The molecular weight excluding hydrogens is 336 g/mol. The molecule has 20 heavy (non-hydrogen) atoms. The highest BCUT2D eigenvalue weighted by Crippen LogP contribution is 2.38. The Kier molecular flexibility index (Phi) is 3.35. The maximum Gasteiger partial charge on any atom is 0.105 e. The van der Waals surface area contributed by atoms with Crippen molar-refractivity contribution < 1.29 is 0 Å². The van der Waals surface area contributed by atoms with E-state index in [0.29, 0.717) is 0 Å². The van der Waals surface area contributed by atoms with E-state index in [0.717, 1.165) is 31.5 Å². The number of benzene rings is 2. The summed E-state index contributed by atoms with van der Waals surface area (Å²) in [5.41, 5.74) is 1.87. The lowest BCUT2D eigenvalue weighted by Gasteiger charge is -2.28. The van der Waals surface area contributed by atoms with Gasteiger partial charge in [0.15, 0.2) is 0 Å². The van der Waals surface area contributed by atoms with Gasteiger partial charge < -0.3 is 5.32 Å². The van der Waals surface area contributed by atoms with E-state index in [9.17, 15) is 0 Å². The minimum Gasteiger partial charge on any atom is -0.351 e. The molecule has 0 saturated heterocycles. The third-order valence-corrected chi connectivity index (χ3v) is 4.52. The molecule has 102 valence electrons. The average Bonchev–Trinajstić information content (AvgIpc) is 2.38. The standard InChI is InChI=1S/C16H14BrClN2/c1-10-8-16(2,20-9-19-10)14-5-6-15(17)12-4-3-11(18)7-13(12)14/h3-9H,1-2H3,(H,19,20). The quantitative estimate of drug-likeness (QED) is 0.769. The van der Waals surface area contributed by atoms with Gasteiger partial charge in [-0.2, -0.15) is 0 Å². The molecule has 2 aromatic carbocycles. The molecule has 1 N–H and O–H groups in total. The molecule has 0 fully saturated rings. The number of halogens is 2. The second kappa shape index (κ2) is 4.90.